The van der Waals surface area contributed by atoms with Gasteiger partial charge in [-0.2, -0.15) is 0 Å². The first-order valence-corrected chi connectivity index (χ1v) is 8.44. The highest BCUT2D eigenvalue weighted by Gasteiger charge is 2.14. The summed E-state index contributed by atoms with van der Waals surface area (Å²) >= 11 is 0. The zero-order valence-electron chi connectivity index (χ0n) is 12.4. The van der Waals surface area contributed by atoms with Gasteiger partial charge in [0, 0.05) is 31.5 Å². The summed E-state index contributed by atoms with van der Waals surface area (Å²) < 4.78 is 24.2. The molecule has 1 N–H and O–H groups in total. The van der Waals surface area contributed by atoms with Crippen molar-refractivity contribution >= 4 is 21.6 Å². The number of sulfonamides is 1. The molecule has 1 amide bonds. The molecule has 2 rings (SSSR count). The second-order valence-corrected chi connectivity index (χ2v) is 6.84. The van der Waals surface area contributed by atoms with Crippen LogP contribution < -0.4 is 9.62 Å². The van der Waals surface area contributed by atoms with Gasteiger partial charge >= 0.3 is 0 Å². The molecule has 0 fully saturated rings. The Morgan fingerprint density at radius 2 is 2.05 bits per heavy atom. The van der Waals surface area contributed by atoms with Crippen molar-refractivity contribution in [1.82, 2.24) is 10.3 Å². The average Bonchev–Trinajstić information content (AvgIpc) is 2.52. The van der Waals surface area contributed by atoms with Crippen LogP contribution in [0, 0.1) is 0 Å². The summed E-state index contributed by atoms with van der Waals surface area (Å²) in [6.45, 7) is 0.360. The highest BCUT2D eigenvalue weighted by atomic mass is 32.2. The summed E-state index contributed by atoms with van der Waals surface area (Å²) in [7, 11) is -1.91. The standard InChI is InChI=1S/C15H17N3O3S/c1-18(22(2,20)21)14-7-3-6-13(9-14)15(19)17-11-12-5-4-8-16-10-12/h3-10H,11H2,1-2H3,(H,17,19). The number of amides is 1. The van der Waals surface area contributed by atoms with E-state index < -0.39 is 10.0 Å². The second-order valence-electron chi connectivity index (χ2n) is 4.82. The number of nitrogens with zero attached hydrogens (tertiary/aromatic N) is 2. The largest absolute Gasteiger partial charge is 0.348 e. The molecule has 0 bridgehead atoms. The van der Waals surface area contributed by atoms with E-state index in [1.807, 2.05) is 6.07 Å². The third-order valence-corrected chi connectivity index (χ3v) is 4.35. The van der Waals surface area contributed by atoms with Crippen LogP contribution in [0.25, 0.3) is 0 Å². The van der Waals surface area contributed by atoms with Gasteiger partial charge in [0.05, 0.1) is 11.9 Å². The Morgan fingerprint density at radius 3 is 2.68 bits per heavy atom. The van der Waals surface area contributed by atoms with Gasteiger partial charge in [-0.1, -0.05) is 12.1 Å². The predicted molar refractivity (Wildman–Crippen MR) is 85.1 cm³/mol. The van der Waals surface area contributed by atoms with Crippen molar-refractivity contribution in [2.75, 3.05) is 17.6 Å². The number of rotatable bonds is 5. The molecule has 0 aliphatic heterocycles. The van der Waals surface area contributed by atoms with Gasteiger partial charge in [0.2, 0.25) is 10.0 Å². The van der Waals surface area contributed by atoms with E-state index in [0.717, 1.165) is 16.1 Å². The molecule has 0 radical (unpaired) electrons. The number of pyridine rings is 1. The van der Waals surface area contributed by atoms with Crippen molar-refractivity contribution in [3.63, 3.8) is 0 Å². The van der Waals surface area contributed by atoms with Crippen LogP contribution >= 0.6 is 0 Å². The third kappa shape index (κ3) is 4.05. The summed E-state index contributed by atoms with van der Waals surface area (Å²) in [4.78, 5) is 16.1. The first-order chi connectivity index (χ1) is 10.4. The van der Waals surface area contributed by atoms with Gasteiger partial charge in [-0.25, -0.2) is 8.42 Å². The predicted octanol–water partition coefficient (Wildman–Crippen LogP) is 1.41. The number of anilines is 1. The number of aromatic nitrogens is 1. The molecule has 0 saturated carbocycles. The van der Waals surface area contributed by atoms with Crippen LogP contribution in [-0.4, -0.2) is 32.6 Å². The van der Waals surface area contributed by atoms with Crippen molar-refractivity contribution in [2.24, 2.45) is 0 Å². The Balaban J connectivity index is 2.11. The normalized spacial score (nSPS) is 11.0. The van der Waals surface area contributed by atoms with Crippen molar-refractivity contribution in [1.29, 1.82) is 0 Å². The van der Waals surface area contributed by atoms with Crippen LogP contribution in [0.5, 0.6) is 0 Å². The number of nitrogens with one attached hydrogen (secondary N) is 1. The Bertz CT molecular complexity index is 761. The van der Waals surface area contributed by atoms with E-state index in [1.165, 1.54) is 7.05 Å². The van der Waals surface area contributed by atoms with E-state index in [-0.39, 0.29) is 5.91 Å². The van der Waals surface area contributed by atoms with Crippen LogP contribution in [-0.2, 0) is 16.6 Å². The molecule has 0 aliphatic rings. The van der Waals surface area contributed by atoms with Crippen LogP contribution in [0.4, 0.5) is 5.69 Å². The average molecular weight is 319 g/mol. The van der Waals surface area contributed by atoms with Gasteiger partial charge in [0.15, 0.2) is 0 Å². The summed E-state index contributed by atoms with van der Waals surface area (Å²) in [5.41, 5.74) is 1.73. The molecule has 6 nitrogen and oxygen atoms in total. The van der Waals surface area contributed by atoms with E-state index in [2.05, 4.69) is 10.3 Å². The topological polar surface area (TPSA) is 79.4 Å². The fourth-order valence-electron chi connectivity index (χ4n) is 1.82. The number of carbonyl (C=O) groups is 1. The van der Waals surface area contributed by atoms with Gasteiger partial charge in [0.25, 0.3) is 5.91 Å². The summed E-state index contributed by atoms with van der Waals surface area (Å²) in [5.74, 6) is -0.271. The molecule has 0 aliphatic carbocycles. The molecule has 7 heteroatoms. The van der Waals surface area contributed by atoms with Gasteiger partial charge in [-0.05, 0) is 29.8 Å². The monoisotopic (exact) mass is 319 g/mol. The Kier molecular flexibility index (Phi) is 4.77. The van der Waals surface area contributed by atoms with E-state index >= 15 is 0 Å². The van der Waals surface area contributed by atoms with Crippen molar-refractivity contribution < 1.29 is 13.2 Å². The van der Waals surface area contributed by atoms with E-state index in [1.54, 1.807) is 42.7 Å². The van der Waals surface area contributed by atoms with Crippen LogP contribution in [0.3, 0.4) is 0 Å². The molecule has 1 aromatic heterocycles. The fourth-order valence-corrected chi connectivity index (χ4v) is 2.32. The lowest BCUT2D eigenvalue weighted by Gasteiger charge is -2.17. The maximum absolute atomic E-state index is 12.1. The minimum Gasteiger partial charge on any atom is -0.348 e. The minimum absolute atomic E-state index is 0.271. The molecule has 1 heterocycles. The zero-order valence-corrected chi connectivity index (χ0v) is 13.2. The molecule has 1 aromatic carbocycles. The van der Waals surface area contributed by atoms with E-state index in [0.29, 0.717) is 17.8 Å². The molecule has 22 heavy (non-hydrogen) atoms. The van der Waals surface area contributed by atoms with Crippen molar-refractivity contribution in [2.45, 2.75) is 6.54 Å². The van der Waals surface area contributed by atoms with Gasteiger partial charge < -0.3 is 5.32 Å². The van der Waals surface area contributed by atoms with E-state index in [9.17, 15) is 13.2 Å². The smallest absolute Gasteiger partial charge is 0.251 e. The zero-order chi connectivity index (χ0) is 16.2. The second kappa shape index (κ2) is 6.57. The maximum atomic E-state index is 12.1. The molecule has 0 unspecified atom stereocenters. The lowest BCUT2D eigenvalue weighted by molar-refractivity contribution is 0.0951. The van der Waals surface area contributed by atoms with Gasteiger partial charge in [0.1, 0.15) is 0 Å². The number of carbonyl (C=O) groups excluding carboxylic acids is 1. The minimum atomic E-state index is -3.36. The van der Waals surface area contributed by atoms with Gasteiger partial charge in [-0.3, -0.25) is 14.1 Å². The third-order valence-electron chi connectivity index (χ3n) is 3.15. The lowest BCUT2D eigenvalue weighted by atomic mass is 10.2. The molecule has 2 aromatic rings. The Morgan fingerprint density at radius 1 is 1.27 bits per heavy atom. The molecular weight excluding hydrogens is 302 g/mol. The van der Waals surface area contributed by atoms with Crippen molar-refractivity contribution in [3.8, 4) is 0 Å². The first-order valence-electron chi connectivity index (χ1n) is 6.59. The number of benzene rings is 1. The summed E-state index contributed by atoms with van der Waals surface area (Å²) in [6.07, 6.45) is 4.45. The molecule has 0 spiro atoms. The van der Waals surface area contributed by atoms with Crippen LogP contribution in [0.1, 0.15) is 15.9 Å². The van der Waals surface area contributed by atoms with Gasteiger partial charge in [-0.15, -0.1) is 0 Å². The molecule has 0 atom stereocenters. The molecule has 116 valence electrons. The van der Waals surface area contributed by atoms with Crippen LogP contribution in [0.15, 0.2) is 48.8 Å². The molecule has 0 saturated heterocycles. The maximum Gasteiger partial charge on any atom is 0.251 e. The van der Waals surface area contributed by atoms with Crippen LogP contribution in [0.2, 0.25) is 0 Å². The van der Waals surface area contributed by atoms with Crippen molar-refractivity contribution in [3.05, 3.63) is 59.9 Å². The number of hydrogen-bond acceptors (Lipinski definition) is 4. The highest BCUT2D eigenvalue weighted by molar-refractivity contribution is 7.92. The Labute approximate surface area is 129 Å². The number of hydrogen-bond donors (Lipinski definition) is 1. The van der Waals surface area contributed by atoms with E-state index in [4.69, 9.17) is 0 Å². The fraction of sp³-hybridized carbons (Fsp3) is 0.200. The summed E-state index contributed by atoms with van der Waals surface area (Å²) in [6, 6.07) is 10.1. The summed E-state index contributed by atoms with van der Waals surface area (Å²) in [5, 5.41) is 2.77. The molecular formula is C15H17N3O3S. The quantitative estimate of drug-likeness (QED) is 0.903. The lowest BCUT2D eigenvalue weighted by Crippen LogP contribution is -2.26. The highest BCUT2D eigenvalue weighted by Crippen LogP contribution is 2.17. The Hall–Kier alpha value is -2.41. The SMILES string of the molecule is CN(c1cccc(C(=O)NCc2cccnc2)c1)S(C)(=O)=O. The first kappa shape index (κ1) is 16.0.